The number of anilines is 1. The summed E-state index contributed by atoms with van der Waals surface area (Å²) in [5.74, 6) is -0.168. The lowest BCUT2D eigenvalue weighted by molar-refractivity contribution is -0.131. The lowest BCUT2D eigenvalue weighted by Gasteiger charge is -2.14. The third-order valence-electron chi connectivity index (χ3n) is 5.98. The number of Topliss-reactive ketones (excluding diaryl/α,β-unsaturated/α-hetero) is 1. The first-order valence-electron chi connectivity index (χ1n) is 12.1. The maximum Gasteiger partial charge on any atom is 0.390 e. The number of nitrogens with one attached hydrogen (secondary N) is 1. The number of aryl methyl sites for hydroxylation is 1. The molecule has 1 N–H and O–H groups in total. The number of methoxy groups -OCH3 is 1. The Morgan fingerprint density at radius 1 is 1.08 bits per heavy atom. The molecule has 0 atom stereocenters. The lowest BCUT2D eigenvalue weighted by atomic mass is 10.0. The molecular weight excluding hydrogens is 502 g/mol. The first kappa shape index (κ1) is 27.0. The van der Waals surface area contributed by atoms with Crippen molar-refractivity contribution in [1.82, 2.24) is 9.55 Å². The van der Waals surface area contributed by atoms with E-state index in [1.54, 1.807) is 29.1 Å². The van der Waals surface area contributed by atoms with Crippen LogP contribution in [0.1, 0.15) is 42.1 Å². The normalized spacial score (nSPS) is 11.6. The van der Waals surface area contributed by atoms with Crippen LogP contribution in [0.25, 0.3) is 16.7 Å². The standard InChI is InChI=1S/C28H27F4N3O3/c1-4-5-25(36)21-8-6-18(12-17(21)2)35-16-34-27-23(33-11-10-28(30,31)32)14-20(15-24(27)35)38-26-9-7-19(37-3)13-22(26)29/h6-9,12-16,33H,4-5,10-11H2,1-3H3. The Hall–Kier alpha value is -4.08. The number of carbonyl (C=O) groups is 1. The molecule has 4 rings (SSSR count). The van der Waals surface area contributed by atoms with Crippen molar-refractivity contribution in [3.05, 3.63) is 71.8 Å². The van der Waals surface area contributed by atoms with Crippen LogP contribution >= 0.6 is 0 Å². The summed E-state index contributed by atoms with van der Waals surface area (Å²) >= 11 is 0. The van der Waals surface area contributed by atoms with Gasteiger partial charge in [-0.15, -0.1) is 0 Å². The molecule has 38 heavy (non-hydrogen) atoms. The maximum atomic E-state index is 14.6. The van der Waals surface area contributed by atoms with Gasteiger partial charge in [-0.05, 0) is 49.2 Å². The lowest BCUT2D eigenvalue weighted by Crippen LogP contribution is -2.14. The van der Waals surface area contributed by atoms with Crippen molar-refractivity contribution in [1.29, 1.82) is 0 Å². The first-order valence-corrected chi connectivity index (χ1v) is 12.1. The van der Waals surface area contributed by atoms with Crippen LogP contribution in [0.4, 0.5) is 23.2 Å². The van der Waals surface area contributed by atoms with Crippen LogP contribution in [0, 0.1) is 12.7 Å². The second-order valence-corrected chi connectivity index (χ2v) is 8.82. The Kier molecular flexibility index (Phi) is 7.89. The summed E-state index contributed by atoms with van der Waals surface area (Å²) in [4.78, 5) is 16.8. The van der Waals surface area contributed by atoms with E-state index in [1.807, 2.05) is 19.9 Å². The van der Waals surface area contributed by atoms with E-state index in [-0.39, 0.29) is 23.8 Å². The van der Waals surface area contributed by atoms with Crippen molar-refractivity contribution in [3.8, 4) is 22.9 Å². The van der Waals surface area contributed by atoms with Crippen molar-refractivity contribution in [2.45, 2.75) is 39.3 Å². The van der Waals surface area contributed by atoms with Crippen molar-refractivity contribution in [2.75, 3.05) is 19.0 Å². The fourth-order valence-electron chi connectivity index (χ4n) is 4.12. The topological polar surface area (TPSA) is 65.4 Å². The van der Waals surface area contributed by atoms with Crippen LogP contribution in [0.2, 0.25) is 0 Å². The number of hydrogen-bond acceptors (Lipinski definition) is 5. The van der Waals surface area contributed by atoms with Crippen LogP contribution in [0.15, 0.2) is 54.9 Å². The fourth-order valence-corrected chi connectivity index (χ4v) is 4.12. The van der Waals surface area contributed by atoms with Crippen molar-refractivity contribution < 1.29 is 31.8 Å². The molecule has 1 aromatic heterocycles. The molecule has 0 aliphatic rings. The number of alkyl halides is 3. The van der Waals surface area contributed by atoms with Crippen molar-refractivity contribution in [2.24, 2.45) is 0 Å². The van der Waals surface area contributed by atoms with Gasteiger partial charge in [0.25, 0.3) is 0 Å². The van der Waals surface area contributed by atoms with E-state index in [0.29, 0.717) is 40.1 Å². The second kappa shape index (κ2) is 11.1. The second-order valence-electron chi connectivity index (χ2n) is 8.82. The number of hydrogen-bond donors (Lipinski definition) is 1. The van der Waals surface area contributed by atoms with Gasteiger partial charge >= 0.3 is 6.18 Å². The Morgan fingerprint density at radius 3 is 2.53 bits per heavy atom. The number of benzene rings is 3. The third-order valence-corrected chi connectivity index (χ3v) is 5.98. The predicted octanol–water partition coefficient (Wildman–Crippen LogP) is 7.62. The fraction of sp³-hybridized carbons (Fsp3) is 0.286. The summed E-state index contributed by atoms with van der Waals surface area (Å²) in [6.07, 6.45) is -2.64. The van der Waals surface area contributed by atoms with Gasteiger partial charge in [0.1, 0.15) is 23.3 Å². The molecule has 4 aromatic rings. The predicted molar refractivity (Wildman–Crippen MR) is 137 cm³/mol. The molecule has 1 heterocycles. The van der Waals surface area contributed by atoms with E-state index in [0.717, 1.165) is 12.0 Å². The van der Waals surface area contributed by atoms with Crippen LogP contribution in [0.3, 0.4) is 0 Å². The molecule has 0 spiro atoms. The highest BCUT2D eigenvalue weighted by molar-refractivity contribution is 5.98. The maximum absolute atomic E-state index is 14.6. The molecule has 0 unspecified atom stereocenters. The summed E-state index contributed by atoms with van der Waals surface area (Å²) in [7, 11) is 1.41. The number of ether oxygens (including phenoxy) is 2. The van der Waals surface area contributed by atoms with E-state index >= 15 is 0 Å². The number of carbonyl (C=O) groups excluding carboxylic acids is 1. The molecule has 0 aliphatic carbocycles. The smallest absolute Gasteiger partial charge is 0.390 e. The molecular formula is C28H27F4N3O3. The van der Waals surface area contributed by atoms with Crippen LogP contribution in [-0.4, -0.2) is 35.2 Å². The quantitative estimate of drug-likeness (QED) is 0.169. The molecule has 3 aromatic carbocycles. The molecule has 10 heteroatoms. The average molecular weight is 530 g/mol. The van der Waals surface area contributed by atoms with Crippen LogP contribution < -0.4 is 14.8 Å². The van der Waals surface area contributed by atoms with Gasteiger partial charge in [-0.25, -0.2) is 9.37 Å². The average Bonchev–Trinajstić information content (AvgIpc) is 3.28. The summed E-state index contributed by atoms with van der Waals surface area (Å²) in [5, 5.41) is 2.78. The van der Waals surface area contributed by atoms with E-state index in [1.165, 1.54) is 31.4 Å². The minimum Gasteiger partial charge on any atom is -0.497 e. The third kappa shape index (κ3) is 6.07. The Balaban J connectivity index is 1.76. The van der Waals surface area contributed by atoms with Gasteiger partial charge in [0.2, 0.25) is 0 Å². The van der Waals surface area contributed by atoms with Crippen LogP contribution in [0.5, 0.6) is 17.2 Å². The summed E-state index contributed by atoms with van der Waals surface area (Å²) in [6, 6.07) is 12.6. The van der Waals surface area contributed by atoms with Gasteiger partial charge in [-0.3, -0.25) is 9.36 Å². The van der Waals surface area contributed by atoms with Crippen molar-refractivity contribution in [3.63, 3.8) is 0 Å². The Labute approximate surface area is 217 Å². The zero-order valence-corrected chi connectivity index (χ0v) is 21.2. The number of ketones is 1. The van der Waals surface area contributed by atoms with Gasteiger partial charge in [0.05, 0.1) is 24.7 Å². The number of nitrogens with zero attached hydrogens (tertiary/aromatic N) is 2. The zero-order valence-electron chi connectivity index (χ0n) is 21.2. The van der Waals surface area contributed by atoms with Gasteiger partial charge in [0, 0.05) is 42.4 Å². The molecule has 0 saturated carbocycles. The molecule has 0 fully saturated rings. The highest BCUT2D eigenvalue weighted by Gasteiger charge is 2.26. The van der Waals surface area contributed by atoms with E-state index in [2.05, 4.69) is 10.3 Å². The molecule has 200 valence electrons. The van der Waals surface area contributed by atoms with E-state index in [4.69, 9.17) is 9.47 Å². The monoisotopic (exact) mass is 529 g/mol. The highest BCUT2D eigenvalue weighted by Crippen LogP contribution is 2.35. The number of imidazole rings is 1. The van der Waals surface area contributed by atoms with E-state index < -0.39 is 18.4 Å². The Morgan fingerprint density at radius 2 is 1.87 bits per heavy atom. The zero-order chi connectivity index (χ0) is 27.4. The number of fused-ring (bicyclic) bond motifs is 1. The SMILES string of the molecule is CCCC(=O)c1ccc(-n2cnc3c(NCCC(F)(F)F)cc(Oc4ccc(OC)cc4F)cc32)cc1C. The first-order chi connectivity index (χ1) is 18.1. The molecule has 0 aliphatic heterocycles. The highest BCUT2D eigenvalue weighted by atomic mass is 19.4. The van der Waals surface area contributed by atoms with Gasteiger partial charge in [0.15, 0.2) is 17.3 Å². The van der Waals surface area contributed by atoms with Gasteiger partial charge in [-0.1, -0.05) is 6.92 Å². The molecule has 6 nitrogen and oxygen atoms in total. The molecule has 0 saturated heterocycles. The van der Waals surface area contributed by atoms with Crippen LogP contribution in [-0.2, 0) is 0 Å². The largest absolute Gasteiger partial charge is 0.497 e. The number of halogens is 4. The van der Waals surface area contributed by atoms with E-state index in [9.17, 15) is 22.4 Å². The Bertz CT molecular complexity index is 1460. The number of aromatic nitrogens is 2. The van der Waals surface area contributed by atoms with Crippen molar-refractivity contribution >= 4 is 22.5 Å². The molecule has 0 amide bonds. The number of rotatable bonds is 10. The summed E-state index contributed by atoms with van der Waals surface area (Å²) in [5.41, 5.74) is 3.37. The summed E-state index contributed by atoms with van der Waals surface area (Å²) < 4.78 is 65.5. The summed E-state index contributed by atoms with van der Waals surface area (Å²) in [6.45, 7) is 3.41. The van der Waals surface area contributed by atoms with Gasteiger partial charge < -0.3 is 14.8 Å². The minimum atomic E-state index is -4.33. The molecule has 0 bridgehead atoms. The molecule has 0 radical (unpaired) electrons. The van der Waals surface area contributed by atoms with Gasteiger partial charge in [-0.2, -0.15) is 13.2 Å². The minimum absolute atomic E-state index is 0.0559.